The SMILES string of the molecule is [3H]C1CC(=O)N(CC(=O)NC(CCC(=O)O)C(=O)NC(C(=O)NC(CCCNC(N)=O)C(=O)Nc2ccc(COC(=O)N(C)CCN(CCOCCOCCOCCOCCOCCOCCOCCOCCOCCOC)C(=O)OC[C@H]3O[C@H](O[C@@H]4O[C@H](C[C@@H](O)[C@H]5O[C@@H](n6ccc(=O)[nH]c6=O)[C@H](O)[C@@H]5O)[C@H](O)[C@H](O)[C@H]4NC(=O)/C=C\CCCCCCCCCC(C)C)[C@H](NC(C)=O)[C@@H](O)[C@@H]3O)cc2)C(C)C)C1=O. The molecule has 5 heterocycles. The number of rotatable bonds is 73. The van der Waals surface area contributed by atoms with Crippen molar-refractivity contribution in [2.45, 2.75) is 254 Å². The summed E-state index contributed by atoms with van der Waals surface area (Å²) in [5.74, 6) is -8.55. The molecular weight excluding hydrogens is 1910 g/mol. The fourth-order valence-electron chi connectivity index (χ4n) is 15.1. The number of ether oxygens (including phenoxy) is 16. The number of hydrogen-bond donors (Lipinski definition) is 17. The number of aliphatic hydroxyl groups is 7. The highest BCUT2D eigenvalue weighted by atomic mass is 16.8. The van der Waals surface area contributed by atoms with Crippen LogP contribution in [0.25, 0.3) is 0 Å². The van der Waals surface area contributed by atoms with Gasteiger partial charge in [0.1, 0.15) is 98.8 Å². The predicted molar refractivity (Wildman–Crippen MR) is 506 cm³/mol. The number of carbonyl (C=O) groups excluding carboxylic acids is 11. The first kappa shape index (κ1) is 121. The lowest BCUT2D eigenvalue weighted by Crippen LogP contribution is -2.69. The van der Waals surface area contributed by atoms with Crippen LogP contribution in [0.5, 0.6) is 0 Å². The number of nitrogens with zero attached hydrogens (tertiary/aromatic N) is 4. The van der Waals surface area contributed by atoms with Gasteiger partial charge >= 0.3 is 29.9 Å². The Morgan fingerprint density at radius 3 is 1.66 bits per heavy atom. The van der Waals surface area contributed by atoms with Crippen molar-refractivity contribution in [2.75, 3.05) is 184 Å². The van der Waals surface area contributed by atoms with Crippen molar-refractivity contribution >= 4 is 77.1 Å². The summed E-state index contributed by atoms with van der Waals surface area (Å²) in [6.45, 7) is 11.5. The van der Waals surface area contributed by atoms with Crippen LogP contribution in [0.3, 0.4) is 0 Å². The molecule has 0 aliphatic carbocycles. The van der Waals surface area contributed by atoms with E-state index in [0.717, 1.165) is 84.9 Å². The van der Waals surface area contributed by atoms with Crippen LogP contribution in [0.15, 0.2) is 58.3 Å². The highest BCUT2D eigenvalue weighted by Crippen LogP contribution is 2.35. The summed E-state index contributed by atoms with van der Waals surface area (Å²) in [5.41, 5.74) is 4.00. The van der Waals surface area contributed by atoms with Gasteiger partial charge in [-0.25, -0.2) is 19.2 Å². The second kappa shape index (κ2) is 68.5. The van der Waals surface area contributed by atoms with Crippen LogP contribution in [-0.4, -0.2) is 419 Å². The number of benzene rings is 1. The first-order valence-corrected chi connectivity index (χ1v) is 48.6. The van der Waals surface area contributed by atoms with Gasteiger partial charge in [-0.2, -0.15) is 0 Å². The van der Waals surface area contributed by atoms with Crippen molar-refractivity contribution in [3.05, 3.63) is 75.1 Å². The monoisotopic (exact) mass is 2060 g/mol. The first-order valence-electron chi connectivity index (χ1n) is 49.2. The van der Waals surface area contributed by atoms with Crippen molar-refractivity contribution in [3.63, 3.8) is 0 Å². The van der Waals surface area contributed by atoms with Crippen molar-refractivity contribution in [1.29, 1.82) is 0 Å². The number of carbonyl (C=O) groups is 12. The zero-order valence-corrected chi connectivity index (χ0v) is 82.9. The summed E-state index contributed by atoms with van der Waals surface area (Å²) in [6.07, 6.45) is -18.0. The number of aliphatic carboxylic acids is 1. The third-order valence-corrected chi connectivity index (χ3v) is 23.1. The van der Waals surface area contributed by atoms with Crippen LogP contribution >= 0.6 is 0 Å². The molecule has 19 atom stereocenters. The third kappa shape index (κ3) is 46.0. The average Bonchev–Trinajstić information content (AvgIpc) is 1.69. The number of likely N-dealkylation sites (tertiary alicyclic amines) is 1. The standard InChI is InChI=1S/C93H151N13O38/c1-58(2)18-15-13-11-9-8-10-12-14-16-20-68(109)100-76-80(119)77(116)66(54-65(108)83-81(120)82(121)87(143-83)105-31-29-69(110)101-91(105)126)141-89(76)144-88-75(96-60(5)107)79(118)78(117)67(142-88)57-140-93(128)104(34-35-130-38-39-132-42-43-134-46-47-136-50-51-138-53-52-137-49-48-135-45-44-133-41-40-131-37-36-129-7)33-32-103(6)92(127)139-56-61-21-23-62(24-22-61)97-84(122)63(19-17-30-95-90(94)125)99-86(124)74(59(3)4)102-85(123)64(25-28-73(114)115)98-70(111)55-106-71(112)26-27-72(106)113/h16,20-24,29,31,58-59,63-67,74-83,87-89,108,116-121H,8-15,17-19,25-28,30,32-57H2,1-7H3,(H,96,107)(H,97,122)(H,98,111)(H,99,124)(H,100,109)(H,102,123)(H,114,115)(H3,94,95,125)(H,101,110,126)/b20-16-/t63?,64?,65-,66-,67-,74?,75-,76-,77+,78-,79-,80-,81+,82-,83-,87-,88-,89+/m1/s1/i26T/t26?,63?,64?,65-,66-,67-,74?,75-,76-,77+,78-,79-,80-,81+,82-,83-,87-,88-,89+. The quantitative estimate of drug-likeness (QED) is 0.0186. The van der Waals surface area contributed by atoms with Gasteiger partial charge in [0.05, 0.1) is 138 Å². The molecule has 4 unspecified atom stereocenters. The number of allylic oxidation sites excluding steroid dienone is 1. The molecule has 2 aromatic rings. The molecule has 12 amide bonds. The Morgan fingerprint density at radius 1 is 0.583 bits per heavy atom. The molecule has 1 aromatic carbocycles. The molecule has 0 saturated carbocycles. The van der Waals surface area contributed by atoms with Gasteiger partial charge in [0.15, 0.2) is 18.8 Å². The molecule has 0 spiro atoms. The minimum atomic E-state index is -2.05. The summed E-state index contributed by atoms with van der Waals surface area (Å²) in [7, 11) is 2.96. The Hall–Kier alpha value is -9.96. The van der Waals surface area contributed by atoms with Crippen molar-refractivity contribution < 1.29 is 176 Å². The van der Waals surface area contributed by atoms with Crippen LogP contribution in [0.4, 0.5) is 20.1 Å². The first-order chi connectivity index (χ1) is 69.4. The summed E-state index contributed by atoms with van der Waals surface area (Å²) in [4.78, 5) is 187. The van der Waals surface area contributed by atoms with E-state index < -0.39 is 244 Å². The van der Waals surface area contributed by atoms with E-state index in [1.807, 2.05) is 4.98 Å². The van der Waals surface area contributed by atoms with Gasteiger partial charge in [-0.05, 0) is 67.7 Å². The van der Waals surface area contributed by atoms with Crippen molar-refractivity contribution in [3.8, 4) is 0 Å². The Bertz CT molecular complexity index is 4380. The van der Waals surface area contributed by atoms with Gasteiger partial charge in [0.2, 0.25) is 47.3 Å². The summed E-state index contributed by atoms with van der Waals surface area (Å²) in [5, 5.41) is 108. The number of carboxylic acids is 1. The minimum Gasteiger partial charge on any atom is -0.481 e. The fraction of sp³-hybridized carbons (Fsp3) is 0.742. The number of primary amides is 1. The van der Waals surface area contributed by atoms with Crippen LogP contribution < -0.4 is 54.2 Å². The molecule has 51 nitrogen and oxygen atoms in total. The number of unbranched alkanes of at least 4 members (excludes halogenated alkanes) is 7. The summed E-state index contributed by atoms with van der Waals surface area (Å²) >= 11 is 0. The number of imide groups is 1. The number of aromatic nitrogens is 2. The second-order valence-electron chi connectivity index (χ2n) is 35.3. The second-order valence-corrected chi connectivity index (χ2v) is 35.3. The van der Waals surface area contributed by atoms with Gasteiger partial charge in [-0.3, -0.25) is 62.4 Å². The molecule has 0 radical (unpaired) electrons. The van der Waals surface area contributed by atoms with Crippen LogP contribution in [0, 0.1) is 11.8 Å². The highest BCUT2D eigenvalue weighted by Gasteiger charge is 2.54. The predicted octanol–water partition coefficient (Wildman–Crippen LogP) is -2.46. The molecule has 144 heavy (non-hydrogen) atoms. The molecule has 0 bridgehead atoms. The number of likely N-dealkylation sites (N-methyl/N-ethyl adjacent to an activating group) is 1. The number of H-pyrrole nitrogens is 1. The number of methoxy groups -OCH3 is 1. The zero-order valence-electron chi connectivity index (χ0n) is 83.9. The highest BCUT2D eigenvalue weighted by molar-refractivity contribution is 6.05. The Balaban J connectivity index is 1.11. The lowest BCUT2D eigenvalue weighted by atomic mass is 9.91. The van der Waals surface area contributed by atoms with E-state index in [9.17, 15) is 108 Å². The van der Waals surface area contributed by atoms with Gasteiger partial charge in [-0.15, -0.1) is 0 Å². The smallest absolute Gasteiger partial charge is 0.409 e. The summed E-state index contributed by atoms with van der Waals surface area (Å²) in [6, 6.07) is -1.94. The van der Waals surface area contributed by atoms with E-state index in [1.54, 1.807) is 27.0 Å². The normalized spacial score (nSPS) is 22.6. The van der Waals surface area contributed by atoms with Crippen LogP contribution in [0.2, 0.25) is 0 Å². The molecule has 18 N–H and O–H groups in total. The number of anilines is 1. The molecule has 4 aliphatic heterocycles. The average molecular weight is 2060 g/mol. The van der Waals surface area contributed by atoms with Gasteiger partial charge in [-0.1, -0.05) is 90.8 Å². The molecule has 816 valence electrons. The maximum absolute atomic E-state index is 14.5. The maximum atomic E-state index is 14.5. The maximum Gasteiger partial charge on any atom is 0.409 e. The Morgan fingerprint density at radius 2 is 1.12 bits per heavy atom. The van der Waals surface area contributed by atoms with Crippen LogP contribution in [-0.2, 0) is 126 Å². The zero-order chi connectivity index (χ0) is 106. The van der Waals surface area contributed by atoms with Crippen LogP contribution in [0.1, 0.15) is 150 Å². The topological polar surface area (TPSA) is 689 Å². The molecule has 6 rings (SSSR count). The largest absolute Gasteiger partial charge is 0.481 e. The van der Waals surface area contributed by atoms with Gasteiger partial charge < -0.3 is 169 Å². The van der Waals surface area contributed by atoms with E-state index >= 15 is 0 Å². The molecule has 4 aliphatic rings. The van der Waals surface area contributed by atoms with Crippen molar-refractivity contribution in [1.82, 2.24) is 56.2 Å². The number of aromatic amines is 1. The molecule has 51 heteroatoms. The minimum absolute atomic E-state index is 0.0116. The summed E-state index contributed by atoms with van der Waals surface area (Å²) < 4.78 is 99.5. The van der Waals surface area contributed by atoms with Crippen molar-refractivity contribution in [2.24, 2.45) is 17.6 Å². The molecular formula is C93H151N13O38. The van der Waals surface area contributed by atoms with E-state index in [2.05, 4.69) is 51.1 Å². The number of amides is 12. The lowest BCUT2D eigenvalue weighted by Gasteiger charge is -2.47. The lowest BCUT2D eigenvalue weighted by molar-refractivity contribution is -0.346. The van der Waals surface area contributed by atoms with E-state index in [0.29, 0.717) is 102 Å². The molecule has 4 fully saturated rings. The molecule has 4 saturated heterocycles. The van der Waals surface area contributed by atoms with E-state index in [1.165, 1.54) is 37.4 Å². The molecule has 1 aromatic heterocycles. The van der Waals surface area contributed by atoms with Gasteiger partial charge in [0.25, 0.3) is 5.56 Å². The number of aliphatic hydroxyl groups excluding tert-OH is 7. The third-order valence-electron chi connectivity index (χ3n) is 23.1. The number of hydrogen-bond acceptors (Lipinski definition) is 37. The number of urea groups is 1. The number of nitrogens with one attached hydrogen (secondary N) is 8. The fourth-order valence-corrected chi connectivity index (χ4v) is 15.1. The van der Waals surface area contributed by atoms with Gasteiger partial charge in [0, 0.05) is 92.2 Å². The van der Waals surface area contributed by atoms with E-state index in [-0.39, 0.29) is 97.6 Å². The number of carboxylic acid groups (broad SMARTS) is 1. The number of nitrogens with two attached hydrogens (primary N) is 1. The Kier molecular flexibility index (Phi) is 57.5. The van der Waals surface area contributed by atoms with E-state index in [4.69, 9.17) is 82.9 Å². The Labute approximate surface area is 836 Å².